The predicted octanol–water partition coefficient (Wildman–Crippen LogP) is 4.71. The minimum Gasteiger partial charge on any atom is -0.336 e. The first-order valence-electron chi connectivity index (χ1n) is 11.0. The van der Waals surface area contributed by atoms with Gasteiger partial charge in [0.25, 0.3) is 5.56 Å². The number of para-hydroxylation sites is 1. The molecule has 0 bridgehead atoms. The Morgan fingerprint density at radius 1 is 1.06 bits per heavy atom. The minimum absolute atomic E-state index is 0.0729. The highest BCUT2D eigenvalue weighted by atomic mass is 32.2. The predicted molar refractivity (Wildman–Crippen MR) is 126 cm³/mol. The van der Waals surface area contributed by atoms with E-state index in [4.69, 9.17) is 4.98 Å². The molecule has 2 aromatic carbocycles. The molecule has 6 heteroatoms. The summed E-state index contributed by atoms with van der Waals surface area (Å²) in [4.78, 5) is 33.5. The normalized spacial score (nSPS) is 20.0. The summed E-state index contributed by atoms with van der Waals surface area (Å²) in [5.74, 6) is 0.123. The number of nitrogens with zero attached hydrogens (tertiary/aromatic N) is 3. The van der Waals surface area contributed by atoms with Gasteiger partial charge in [0.1, 0.15) is 0 Å². The van der Waals surface area contributed by atoms with Crippen LogP contribution in [0.4, 0.5) is 0 Å². The second-order valence-corrected chi connectivity index (χ2v) is 9.73. The average molecular weight is 436 g/mol. The Morgan fingerprint density at radius 3 is 2.42 bits per heavy atom. The quantitative estimate of drug-likeness (QED) is 0.430. The Bertz CT molecular complexity index is 1120. The smallest absolute Gasteiger partial charge is 0.262 e. The number of thioether (sulfide) groups is 1. The fraction of sp³-hybridized carbons (Fsp3) is 0.400. The van der Waals surface area contributed by atoms with Crippen LogP contribution in [-0.2, 0) is 11.3 Å². The van der Waals surface area contributed by atoms with Gasteiger partial charge in [0, 0.05) is 12.1 Å². The zero-order chi connectivity index (χ0) is 22.0. The van der Waals surface area contributed by atoms with Gasteiger partial charge in [0.05, 0.1) is 22.7 Å². The van der Waals surface area contributed by atoms with Gasteiger partial charge >= 0.3 is 0 Å². The van der Waals surface area contributed by atoms with Gasteiger partial charge in [-0.05, 0) is 57.7 Å². The molecule has 2 heterocycles. The maximum Gasteiger partial charge on any atom is 0.262 e. The van der Waals surface area contributed by atoms with Gasteiger partial charge in [-0.15, -0.1) is 0 Å². The standard InChI is InChI=1S/C25H29N3O2S/c1-17-10-9-11-18(2)28(17)23(29)19(3)31-25-26-22-15-8-7-14-21(22)24(30)27(25)16-20-12-5-4-6-13-20/h4-8,12-15,17-19H,9-11,16H2,1-3H3/t17-,18-,19-/m0/s1. The first kappa shape index (κ1) is 21.6. The molecular formula is C25H29N3O2S. The van der Waals surface area contributed by atoms with E-state index in [1.54, 1.807) is 4.57 Å². The summed E-state index contributed by atoms with van der Waals surface area (Å²) in [6, 6.07) is 17.8. The third kappa shape index (κ3) is 4.54. The molecule has 5 nitrogen and oxygen atoms in total. The summed E-state index contributed by atoms with van der Waals surface area (Å²) >= 11 is 1.38. The summed E-state index contributed by atoms with van der Waals surface area (Å²) in [6.07, 6.45) is 3.25. The lowest BCUT2D eigenvalue weighted by Crippen LogP contribution is -2.50. The van der Waals surface area contributed by atoms with Crippen molar-refractivity contribution in [3.05, 3.63) is 70.5 Å². The van der Waals surface area contributed by atoms with E-state index in [9.17, 15) is 9.59 Å². The van der Waals surface area contributed by atoms with Crippen molar-refractivity contribution in [3.8, 4) is 0 Å². The molecule has 4 rings (SSSR count). The van der Waals surface area contributed by atoms with E-state index in [2.05, 4.69) is 13.8 Å². The SMILES string of the molecule is C[C@H](Sc1nc2ccccc2c(=O)n1Cc1ccccc1)C(=O)N1[C@@H](C)CCC[C@@H]1C. The molecular weight excluding hydrogens is 406 g/mol. The number of benzene rings is 2. The van der Waals surface area contributed by atoms with Gasteiger partial charge in [0.2, 0.25) is 5.91 Å². The number of carbonyl (C=O) groups is 1. The highest BCUT2D eigenvalue weighted by Gasteiger charge is 2.32. The Kier molecular flexibility index (Phi) is 6.46. The van der Waals surface area contributed by atoms with Gasteiger partial charge < -0.3 is 4.90 Å². The lowest BCUT2D eigenvalue weighted by Gasteiger charge is -2.40. The van der Waals surface area contributed by atoms with Crippen LogP contribution in [0.5, 0.6) is 0 Å². The molecule has 0 saturated carbocycles. The number of hydrogen-bond acceptors (Lipinski definition) is 4. The van der Waals surface area contributed by atoms with Crippen molar-refractivity contribution >= 4 is 28.6 Å². The van der Waals surface area contributed by atoms with Crippen molar-refractivity contribution in [2.75, 3.05) is 0 Å². The van der Waals surface area contributed by atoms with Crippen molar-refractivity contribution in [1.82, 2.24) is 14.5 Å². The average Bonchev–Trinajstić information content (AvgIpc) is 2.77. The zero-order valence-electron chi connectivity index (χ0n) is 18.3. The van der Waals surface area contributed by atoms with E-state index in [1.165, 1.54) is 11.8 Å². The summed E-state index contributed by atoms with van der Waals surface area (Å²) in [5.41, 5.74) is 1.62. The number of amides is 1. The van der Waals surface area contributed by atoms with Crippen molar-refractivity contribution in [2.24, 2.45) is 0 Å². The van der Waals surface area contributed by atoms with Crippen LogP contribution in [0.25, 0.3) is 10.9 Å². The highest BCUT2D eigenvalue weighted by molar-refractivity contribution is 8.00. The molecule has 0 radical (unpaired) electrons. The molecule has 1 aliphatic rings. The molecule has 1 saturated heterocycles. The molecule has 3 aromatic rings. The van der Waals surface area contributed by atoms with Gasteiger partial charge in [-0.1, -0.05) is 54.2 Å². The number of aromatic nitrogens is 2. The topological polar surface area (TPSA) is 55.2 Å². The van der Waals surface area contributed by atoms with E-state index >= 15 is 0 Å². The van der Waals surface area contributed by atoms with Crippen molar-refractivity contribution in [1.29, 1.82) is 0 Å². The van der Waals surface area contributed by atoms with E-state index in [0.29, 0.717) is 22.6 Å². The maximum atomic E-state index is 13.3. The molecule has 1 aromatic heterocycles. The molecule has 0 spiro atoms. The van der Waals surface area contributed by atoms with Gasteiger partial charge in [-0.3, -0.25) is 14.2 Å². The molecule has 1 aliphatic heterocycles. The number of piperidine rings is 1. The largest absolute Gasteiger partial charge is 0.336 e. The van der Waals surface area contributed by atoms with Gasteiger partial charge in [-0.2, -0.15) is 0 Å². The van der Waals surface area contributed by atoms with Crippen LogP contribution in [0.3, 0.4) is 0 Å². The van der Waals surface area contributed by atoms with Crippen LogP contribution < -0.4 is 5.56 Å². The van der Waals surface area contributed by atoms with Crippen LogP contribution in [-0.4, -0.2) is 37.7 Å². The van der Waals surface area contributed by atoms with Crippen molar-refractivity contribution in [3.63, 3.8) is 0 Å². The molecule has 162 valence electrons. The number of likely N-dealkylation sites (tertiary alicyclic amines) is 1. The van der Waals surface area contributed by atoms with Crippen molar-refractivity contribution < 1.29 is 4.79 Å². The fourth-order valence-corrected chi connectivity index (χ4v) is 5.38. The molecule has 0 N–H and O–H groups in total. The maximum absolute atomic E-state index is 13.3. The van der Waals surface area contributed by atoms with Crippen LogP contribution in [0.2, 0.25) is 0 Å². The van der Waals surface area contributed by atoms with Crippen molar-refractivity contribution in [2.45, 2.75) is 69.1 Å². The highest BCUT2D eigenvalue weighted by Crippen LogP contribution is 2.29. The summed E-state index contributed by atoms with van der Waals surface area (Å²) in [6.45, 7) is 6.61. The third-order valence-corrected chi connectivity index (χ3v) is 7.17. The van der Waals surface area contributed by atoms with Gasteiger partial charge in [0.15, 0.2) is 5.16 Å². The van der Waals surface area contributed by atoms with Gasteiger partial charge in [-0.25, -0.2) is 4.98 Å². The van der Waals surface area contributed by atoms with Crippen LogP contribution in [0.1, 0.15) is 45.6 Å². The van der Waals surface area contributed by atoms with E-state index in [-0.39, 0.29) is 28.8 Å². The number of hydrogen-bond donors (Lipinski definition) is 0. The Balaban J connectivity index is 1.69. The lowest BCUT2D eigenvalue weighted by molar-refractivity contribution is -0.136. The number of fused-ring (bicyclic) bond motifs is 1. The minimum atomic E-state index is -0.321. The van der Waals surface area contributed by atoms with Crippen LogP contribution in [0, 0.1) is 0 Å². The summed E-state index contributed by atoms with van der Waals surface area (Å²) in [7, 11) is 0. The number of rotatable bonds is 5. The Morgan fingerprint density at radius 2 is 1.71 bits per heavy atom. The summed E-state index contributed by atoms with van der Waals surface area (Å²) < 4.78 is 1.70. The zero-order valence-corrected chi connectivity index (χ0v) is 19.1. The first-order valence-corrected chi connectivity index (χ1v) is 11.9. The van der Waals surface area contributed by atoms with E-state index < -0.39 is 0 Å². The second-order valence-electron chi connectivity index (χ2n) is 8.42. The Hall–Kier alpha value is -2.60. The fourth-order valence-electron chi connectivity index (χ4n) is 4.42. The lowest BCUT2D eigenvalue weighted by atomic mass is 9.97. The number of carbonyl (C=O) groups excluding carboxylic acids is 1. The van der Waals surface area contributed by atoms with E-state index in [1.807, 2.05) is 66.4 Å². The molecule has 1 amide bonds. The van der Waals surface area contributed by atoms with Crippen LogP contribution in [0.15, 0.2) is 64.5 Å². The Labute approximate surface area is 187 Å². The first-order chi connectivity index (χ1) is 15.0. The monoisotopic (exact) mass is 435 g/mol. The molecule has 31 heavy (non-hydrogen) atoms. The molecule has 1 fully saturated rings. The molecule has 3 atom stereocenters. The summed E-state index contributed by atoms with van der Waals surface area (Å²) in [5, 5.41) is 0.865. The third-order valence-electron chi connectivity index (χ3n) is 6.09. The van der Waals surface area contributed by atoms with Crippen LogP contribution >= 0.6 is 11.8 Å². The second kappa shape index (κ2) is 9.27. The molecule has 0 aliphatic carbocycles. The van der Waals surface area contributed by atoms with E-state index in [0.717, 1.165) is 24.8 Å². The molecule has 0 unspecified atom stereocenters.